The molecular weight excluding hydrogens is 302 g/mol. The Hall–Kier alpha value is -2.69. The quantitative estimate of drug-likeness (QED) is 0.767. The molecule has 0 N–H and O–H groups in total. The largest absolute Gasteiger partial charge is 0.334 e. The minimum atomic E-state index is -0.486. The van der Waals surface area contributed by atoms with Crippen LogP contribution in [0.1, 0.15) is 19.4 Å². The van der Waals surface area contributed by atoms with Crippen molar-refractivity contribution in [3.8, 4) is 0 Å². The van der Waals surface area contributed by atoms with Gasteiger partial charge < -0.3 is 9.80 Å². The summed E-state index contributed by atoms with van der Waals surface area (Å²) in [5.74, 6) is -0.947. The molecule has 2 amide bonds. The van der Waals surface area contributed by atoms with Crippen LogP contribution in [-0.4, -0.2) is 41.3 Å². The van der Waals surface area contributed by atoms with E-state index in [1.807, 2.05) is 56.3 Å². The lowest BCUT2D eigenvalue weighted by atomic mass is 10.2. The minimum absolute atomic E-state index is 0.455. The van der Waals surface area contributed by atoms with E-state index in [0.29, 0.717) is 26.1 Å². The third kappa shape index (κ3) is 4.41. The van der Waals surface area contributed by atoms with E-state index in [-0.39, 0.29) is 0 Å². The Morgan fingerprint density at radius 1 is 0.917 bits per heavy atom. The summed E-state index contributed by atoms with van der Waals surface area (Å²) in [6.07, 6.45) is 4.16. The molecule has 1 heterocycles. The standard InChI is InChI=1S/C19H23N3O2/c1-3-21(15-12-16-10-13-20-14-11-16)18(23)19(24)22(4-2)17-8-6-5-7-9-17/h5-11,13-14H,3-4,12,15H2,1-2H3. The number of benzene rings is 1. The maximum Gasteiger partial charge on any atom is 0.316 e. The highest BCUT2D eigenvalue weighted by molar-refractivity contribution is 6.40. The molecular formula is C19H23N3O2. The SMILES string of the molecule is CCN(CCc1ccncc1)C(=O)C(=O)N(CC)c1ccccc1. The molecule has 0 saturated heterocycles. The van der Waals surface area contributed by atoms with Gasteiger partial charge in [-0.25, -0.2) is 0 Å². The molecule has 0 aliphatic carbocycles. The van der Waals surface area contributed by atoms with Gasteiger partial charge in [0.2, 0.25) is 0 Å². The van der Waals surface area contributed by atoms with Crippen molar-refractivity contribution in [1.29, 1.82) is 0 Å². The summed E-state index contributed by atoms with van der Waals surface area (Å²) in [6, 6.07) is 13.1. The Kier molecular flexibility index (Phi) is 6.49. The van der Waals surface area contributed by atoms with Gasteiger partial charge in [0, 0.05) is 37.7 Å². The van der Waals surface area contributed by atoms with E-state index in [1.165, 1.54) is 4.90 Å². The zero-order chi connectivity index (χ0) is 17.4. The molecule has 0 radical (unpaired) electrons. The predicted octanol–water partition coefficient (Wildman–Crippen LogP) is 2.53. The fourth-order valence-corrected chi connectivity index (χ4v) is 2.52. The molecule has 0 atom stereocenters. The van der Waals surface area contributed by atoms with Crippen LogP contribution >= 0.6 is 0 Å². The fraction of sp³-hybridized carbons (Fsp3) is 0.316. The summed E-state index contributed by atoms with van der Waals surface area (Å²) in [5, 5.41) is 0. The number of anilines is 1. The number of nitrogens with zero attached hydrogens (tertiary/aromatic N) is 3. The number of carbonyl (C=O) groups is 2. The molecule has 0 unspecified atom stereocenters. The van der Waals surface area contributed by atoms with Gasteiger partial charge in [-0.2, -0.15) is 0 Å². The Balaban J connectivity index is 2.05. The van der Waals surface area contributed by atoms with Crippen molar-refractivity contribution in [2.24, 2.45) is 0 Å². The van der Waals surface area contributed by atoms with Crippen LogP contribution in [0.15, 0.2) is 54.9 Å². The lowest BCUT2D eigenvalue weighted by molar-refractivity contribution is -0.144. The highest BCUT2D eigenvalue weighted by atomic mass is 16.2. The Morgan fingerprint density at radius 2 is 1.58 bits per heavy atom. The first kappa shape index (κ1) is 17.7. The first-order chi connectivity index (χ1) is 11.7. The van der Waals surface area contributed by atoms with E-state index >= 15 is 0 Å². The van der Waals surface area contributed by atoms with Gasteiger partial charge >= 0.3 is 11.8 Å². The molecule has 24 heavy (non-hydrogen) atoms. The number of hydrogen-bond acceptors (Lipinski definition) is 3. The molecule has 0 saturated carbocycles. The summed E-state index contributed by atoms with van der Waals surface area (Å²) in [6.45, 7) is 5.22. The van der Waals surface area contributed by atoms with Crippen molar-refractivity contribution in [2.75, 3.05) is 24.5 Å². The molecule has 0 fully saturated rings. The maximum absolute atomic E-state index is 12.6. The van der Waals surface area contributed by atoms with E-state index in [0.717, 1.165) is 11.3 Å². The van der Waals surface area contributed by atoms with Crippen LogP contribution in [0.25, 0.3) is 0 Å². The van der Waals surface area contributed by atoms with Gasteiger partial charge in [-0.05, 0) is 50.1 Å². The lowest BCUT2D eigenvalue weighted by Crippen LogP contribution is -2.46. The molecule has 0 aliphatic rings. The van der Waals surface area contributed by atoms with Crippen LogP contribution < -0.4 is 4.90 Å². The number of pyridine rings is 1. The van der Waals surface area contributed by atoms with Crippen molar-refractivity contribution in [1.82, 2.24) is 9.88 Å². The van der Waals surface area contributed by atoms with Gasteiger partial charge in [-0.15, -0.1) is 0 Å². The van der Waals surface area contributed by atoms with Gasteiger partial charge in [-0.1, -0.05) is 18.2 Å². The van der Waals surface area contributed by atoms with Gasteiger partial charge in [0.15, 0.2) is 0 Å². The van der Waals surface area contributed by atoms with Crippen molar-refractivity contribution < 1.29 is 9.59 Å². The van der Waals surface area contributed by atoms with E-state index < -0.39 is 11.8 Å². The highest BCUT2D eigenvalue weighted by Gasteiger charge is 2.26. The number of aromatic nitrogens is 1. The van der Waals surface area contributed by atoms with Crippen molar-refractivity contribution in [3.05, 3.63) is 60.4 Å². The molecule has 0 bridgehead atoms. The Labute approximate surface area is 142 Å². The topological polar surface area (TPSA) is 53.5 Å². The van der Waals surface area contributed by atoms with Gasteiger partial charge in [0.25, 0.3) is 0 Å². The number of carbonyl (C=O) groups excluding carboxylic acids is 2. The van der Waals surface area contributed by atoms with Crippen molar-refractivity contribution >= 4 is 17.5 Å². The number of amides is 2. The van der Waals surface area contributed by atoms with Gasteiger partial charge in [-0.3, -0.25) is 14.6 Å². The normalized spacial score (nSPS) is 10.2. The average molecular weight is 325 g/mol. The second kappa shape index (κ2) is 8.82. The van der Waals surface area contributed by atoms with Crippen LogP contribution in [0, 0.1) is 0 Å². The van der Waals surface area contributed by atoms with Crippen molar-refractivity contribution in [3.63, 3.8) is 0 Å². The summed E-state index contributed by atoms with van der Waals surface area (Å²) >= 11 is 0. The smallest absolute Gasteiger partial charge is 0.316 e. The Bertz CT molecular complexity index is 659. The van der Waals surface area contributed by atoms with Crippen LogP contribution in [0.4, 0.5) is 5.69 Å². The van der Waals surface area contributed by atoms with E-state index in [2.05, 4.69) is 4.98 Å². The first-order valence-electron chi connectivity index (χ1n) is 8.22. The summed E-state index contributed by atoms with van der Waals surface area (Å²) in [4.78, 5) is 32.3. The summed E-state index contributed by atoms with van der Waals surface area (Å²) in [7, 11) is 0. The third-order valence-corrected chi connectivity index (χ3v) is 3.90. The molecule has 0 aliphatic heterocycles. The number of likely N-dealkylation sites (N-methyl/N-ethyl adjacent to an activating group) is 2. The average Bonchev–Trinajstić information content (AvgIpc) is 2.64. The molecule has 5 nitrogen and oxygen atoms in total. The second-order valence-electron chi connectivity index (χ2n) is 5.38. The van der Waals surface area contributed by atoms with Gasteiger partial charge in [0.05, 0.1) is 0 Å². The second-order valence-corrected chi connectivity index (χ2v) is 5.38. The zero-order valence-corrected chi connectivity index (χ0v) is 14.2. The molecule has 126 valence electrons. The van der Waals surface area contributed by atoms with Crippen LogP contribution in [0.2, 0.25) is 0 Å². The Morgan fingerprint density at radius 3 is 2.17 bits per heavy atom. The monoisotopic (exact) mass is 325 g/mol. The van der Waals surface area contributed by atoms with Crippen LogP contribution in [0.3, 0.4) is 0 Å². The summed E-state index contributed by atoms with van der Waals surface area (Å²) < 4.78 is 0. The molecule has 1 aromatic heterocycles. The molecule has 2 rings (SSSR count). The minimum Gasteiger partial charge on any atom is -0.334 e. The van der Waals surface area contributed by atoms with Crippen LogP contribution in [0.5, 0.6) is 0 Å². The molecule has 5 heteroatoms. The fourth-order valence-electron chi connectivity index (χ4n) is 2.52. The number of para-hydroxylation sites is 1. The lowest BCUT2D eigenvalue weighted by Gasteiger charge is -2.25. The molecule has 0 spiro atoms. The predicted molar refractivity (Wildman–Crippen MR) is 94.7 cm³/mol. The highest BCUT2D eigenvalue weighted by Crippen LogP contribution is 2.14. The number of rotatable bonds is 6. The van der Waals surface area contributed by atoms with Gasteiger partial charge in [0.1, 0.15) is 0 Å². The van der Waals surface area contributed by atoms with E-state index in [9.17, 15) is 9.59 Å². The maximum atomic E-state index is 12.6. The summed E-state index contributed by atoms with van der Waals surface area (Å²) in [5.41, 5.74) is 1.84. The van der Waals surface area contributed by atoms with Crippen LogP contribution in [-0.2, 0) is 16.0 Å². The zero-order valence-electron chi connectivity index (χ0n) is 14.2. The first-order valence-corrected chi connectivity index (χ1v) is 8.22. The third-order valence-electron chi connectivity index (χ3n) is 3.90. The van der Waals surface area contributed by atoms with Crippen molar-refractivity contribution in [2.45, 2.75) is 20.3 Å². The van der Waals surface area contributed by atoms with E-state index in [4.69, 9.17) is 0 Å². The number of hydrogen-bond donors (Lipinski definition) is 0. The molecule has 1 aromatic carbocycles. The molecule has 2 aromatic rings. The van der Waals surface area contributed by atoms with E-state index in [1.54, 1.807) is 17.3 Å².